The highest BCUT2D eigenvalue weighted by Gasteiger charge is 2.21. The van der Waals surface area contributed by atoms with Crippen LogP contribution in [0.4, 0.5) is 8.78 Å². The van der Waals surface area contributed by atoms with Crippen LogP contribution in [0.3, 0.4) is 0 Å². The van der Waals surface area contributed by atoms with Crippen LogP contribution in [0.5, 0.6) is 0 Å². The van der Waals surface area contributed by atoms with Gasteiger partial charge in [-0.2, -0.15) is 0 Å². The first kappa shape index (κ1) is 14.4. The Bertz CT molecular complexity index is 563. The molecule has 0 bridgehead atoms. The smallest absolute Gasteiger partial charge is 0.163 e. The van der Waals surface area contributed by atoms with E-state index in [1.54, 1.807) is 6.07 Å². The summed E-state index contributed by atoms with van der Waals surface area (Å²) in [5, 5.41) is 3.17. The zero-order chi connectivity index (χ0) is 14.0. The summed E-state index contributed by atoms with van der Waals surface area (Å²) in [5.74, 6) is -1.64. The quantitative estimate of drug-likeness (QED) is 0.864. The van der Waals surface area contributed by atoms with E-state index in [2.05, 4.69) is 5.32 Å². The summed E-state index contributed by atoms with van der Waals surface area (Å²) in [4.78, 5) is 0.883. The van der Waals surface area contributed by atoms with Crippen molar-refractivity contribution in [1.29, 1.82) is 0 Å². The van der Waals surface area contributed by atoms with Crippen molar-refractivity contribution in [1.82, 2.24) is 5.32 Å². The second kappa shape index (κ2) is 5.99. The van der Waals surface area contributed by atoms with E-state index in [0.717, 1.165) is 16.5 Å². The van der Waals surface area contributed by atoms with E-state index in [-0.39, 0.29) is 6.04 Å². The van der Waals surface area contributed by atoms with Gasteiger partial charge in [0.1, 0.15) is 0 Å². The van der Waals surface area contributed by atoms with E-state index in [4.69, 9.17) is 11.6 Å². The van der Waals surface area contributed by atoms with E-state index in [0.29, 0.717) is 16.4 Å². The van der Waals surface area contributed by atoms with Crippen LogP contribution in [0.2, 0.25) is 4.34 Å². The normalized spacial score (nSPS) is 12.7. The Hall–Kier alpha value is -0.970. The summed E-state index contributed by atoms with van der Waals surface area (Å²) in [5.41, 5.74) is 1.25. The molecule has 19 heavy (non-hydrogen) atoms. The molecule has 1 heterocycles. The predicted octanol–water partition coefficient (Wildman–Crippen LogP) is 4.69. The number of benzene rings is 1. The fourth-order valence-electron chi connectivity index (χ4n) is 1.94. The van der Waals surface area contributed by atoms with E-state index in [1.807, 2.05) is 19.9 Å². The SMILES string of the molecule is CCNC(c1cc(C)c(Cl)s1)c1cccc(F)c1F. The van der Waals surface area contributed by atoms with Crippen molar-refractivity contribution in [2.75, 3.05) is 6.54 Å². The molecule has 0 aliphatic rings. The Balaban J connectivity index is 2.48. The topological polar surface area (TPSA) is 12.0 Å². The predicted molar refractivity (Wildman–Crippen MR) is 75.9 cm³/mol. The number of nitrogens with one attached hydrogen (secondary N) is 1. The maximum Gasteiger partial charge on any atom is 0.163 e. The van der Waals surface area contributed by atoms with Gasteiger partial charge in [-0.25, -0.2) is 8.78 Å². The van der Waals surface area contributed by atoms with Gasteiger partial charge in [0.15, 0.2) is 11.6 Å². The van der Waals surface area contributed by atoms with Gasteiger partial charge >= 0.3 is 0 Å². The van der Waals surface area contributed by atoms with Gasteiger partial charge in [-0.15, -0.1) is 11.3 Å². The average molecular weight is 302 g/mol. The lowest BCUT2D eigenvalue weighted by Gasteiger charge is -2.17. The molecule has 0 aliphatic heterocycles. The van der Waals surface area contributed by atoms with E-state index in [9.17, 15) is 8.78 Å². The summed E-state index contributed by atoms with van der Waals surface area (Å²) >= 11 is 7.44. The van der Waals surface area contributed by atoms with Gasteiger partial charge < -0.3 is 5.32 Å². The Kier molecular flexibility index (Phi) is 4.55. The maximum absolute atomic E-state index is 13.9. The van der Waals surface area contributed by atoms with Gasteiger partial charge in [0.2, 0.25) is 0 Å². The molecule has 0 spiro atoms. The molecule has 5 heteroatoms. The molecule has 0 amide bonds. The fraction of sp³-hybridized carbons (Fsp3) is 0.286. The third-order valence-electron chi connectivity index (χ3n) is 2.86. The van der Waals surface area contributed by atoms with E-state index >= 15 is 0 Å². The van der Waals surface area contributed by atoms with Crippen LogP contribution in [0, 0.1) is 18.6 Å². The fourth-order valence-corrected chi connectivity index (χ4v) is 3.25. The van der Waals surface area contributed by atoms with Crippen LogP contribution in [0.15, 0.2) is 24.3 Å². The molecule has 2 rings (SSSR count). The molecular formula is C14H14ClF2NS. The largest absolute Gasteiger partial charge is 0.306 e. The van der Waals surface area contributed by atoms with Crippen LogP contribution in [0.25, 0.3) is 0 Å². The number of thiophene rings is 1. The highest BCUT2D eigenvalue weighted by molar-refractivity contribution is 7.16. The molecule has 0 fully saturated rings. The summed E-state index contributed by atoms with van der Waals surface area (Å²) in [7, 11) is 0. The Morgan fingerprint density at radius 3 is 2.68 bits per heavy atom. The molecule has 1 aromatic carbocycles. The molecule has 0 saturated carbocycles. The summed E-state index contributed by atoms with van der Waals surface area (Å²) in [6, 6.07) is 5.76. The zero-order valence-corrected chi connectivity index (χ0v) is 12.2. The van der Waals surface area contributed by atoms with Gasteiger partial charge in [-0.05, 0) is 31.2 Å². The molecular weight excluding hydrogens is 288 g/mol. The summed E-state index contributed by atoms with van der Waals surface area (Å²) < 4.78 is 28.0. The van der Waals surface area contributed by atoms with Gasteiger partial charge in [-0.3, -0.25) is 0 Å². The molecule has 1 unspecified atom stereocenters. The summed E-state index contributed by atoms with van der Waals surface area (Å²) in [6.07, 6.45) is 0. The Morgan fingerprint density at radius 1 is 1.37 bits per heavy atom. The van der Waals surface area contributed by atoms with Gasteiger partial charge in [-0.1, -0.05) is 30.7 Å². The van der Waals surface area contributed by atoms with Crippen LogP contribution in [0.1, 0.15) is 29.0 Å². The monoisotopic (exact) mass is 301 g/mol. The van der Waals surface area contributed by atoms with E-state index in [1.165, 1.54) is 17.4 Å². The summed E-state index contributed by atoms with van der Waals surface area (Å²) in [6.45, 7) is 4.47. The molecule has 2 aromatic rings. The minimum Gasteiger partial charge on any atom is -0.306 e. The van der Waals surface area contributed by atoms with Crippen molar-refractivity contribution in [2.45, 2.75) is 19.9 Å². The molecule has 0 aliphatic carbocycles. The van der Waals surface area contributed by atoms with Crippen molar-refractivity contribution >= 4 is 22.9 Å². The van der Waals surface area contributed by atoms with Crippen molar-refractivity contribution in [3.63, 3.8) is 0 Å². The lowest BCUT2D eigenvalue weighted by Crippen LogP contribution is -2.22. The number of hydrogen-bond donors (Lipinski definition) is 1. The van der Waals surface area contributed by atoms with E-state index < -0.39 is 11.6 Å². The van der Waals surface area contributed by atoms with Crippen molar-refractivity contribution in [2.24, 2.45) is 0 Å². The third-order valence-corrected chi connectivity index (χ3v) is 4.48. The lowest BCUT2D eigenvalue weighted by atomic mass is 10.0. The van der Waals surface area contributed by atoms with Crippen LogP contribution in [-0.2, 0) is 0 Å². The minimum absolute atomic E-state index is 0.305. The third kappa shape index (κ3) is 2.96. The highest BCUT2D eigenvalue weighted by atomic mass is 35.5. The standard InChI is InChI=1S/C14H14ClF2NS/c1-3-18-13(11-7-8(2)14(15)19-11)9-5-4-6-10(16)12(9)17/h4-7,13,18H,3H2,1-2H3. The molecule has 102 valence electrons. The molecule has 0 saturated heterocycles. The highest BCUT2D eigenvalue weighted by Crippen LogP contribution is 2.35. The second-order valence-corrected chi connectivity index (χ2v) is 5.93. The van der Waals surface area contributed by atoms with Crippen molar-refractivity contribution in [3.05, 3.63) is 56.2 Å². The van der Waals surface area contributed by atoms with Crippen LogP contribution in [-0.4, -0.2) is 6.54 Å². The maximum atomic E-state index is 13.9. The first-order valence-electron chi connectivity index (χ1n) is 5.97. The number of hydrogen-bond acceptors (Lipinski definition) is 2. The Labute approximate surface area is 120 Å². The number of halogens is 3. The Morgan fingerprint density at radius 2 is 2.11 bits per heavy atom. The minimum atomic E-state index is -0.834. The van der Waals surface area contributed by atoms with Crippen molar-refractivity contribution < 1.29 is 8.78 Å². The lowest BCUT2D eigenvalue weighted by molar-refractivity contribution is 0.484. The molecule has 1 aromatic heterocycles. The van der Waals surface area contributed by atoms with Crippen LogP contribution < -0.4 is 5.32 Å². The second-order valence-electron chi connectivity index (χ2n) is 4.24. The number of aryl methyl sites for hydroxylation is 1. The van der Waals surface area contributed by atoms with Gasteiger partial charge in [0.25, 0.3) is 0 Å². The first-order chi connectivity index (χ1) is 9.04. The molecule has 1 N–H and O–H groups in total. The number of rotatable bonds is 4. The first-order valence-corrected chi connectivity index (χ1v) is 7.17. The van der Waals surface area contributed by atoms with Crippen LogP contribution >= 0.6 is 22.9 Å². The van der Waals surface area contributed by atoms with Crippen molar-refractivity contribution in [3.8, 4) is 0 Å². The molecule has 1 atom stereocenters. The van der Waals surface area contributed by atoms with Gasteiger partial charge in [0, 0.05) is 10.4 Å². The molecule has 1 nitrogen and oxygen atoms in total. The average Bonchev–Trinajstić information content (AvgIpc) is 2.70. The zero-order valence-electron chi connectivity index (χ0n) is 10.6. The molecule has 0 radical (unpaired) electrons. The van der Waals surface area contributed by atoms with Gasteiger partial charge in [0.05, 0.1) is 10.4 Å².